The van der Waals surface area contributed by atoms with E-state index in [1.807, 2.05) is 188 Å². The first-order chi connectivity index (χ1) is 55.1. The van der Waals surface area contributed by atoms with Gasteiger partial charge < -0.3 is 61.5 Å². The number of nitrogens with two attached hydrogens (primary N) is 1. The van der Waals surface area contributed by atoms with Gasteiger partial charge in [0.05, 0.1) is 21.3 Å². The lowest BCUT2D eigenvalue weighted by molar-refractivity contribution is -0.138. The summed E-state index contributed by atoms with van der Waals surface area (Å²) in [4.78, 5) is 57.9. The maximum atomic E-state index is 13.5. The standard InChI is InChI=1S/2C27H28N4O6S.C25H22N2O5.C2H8N2O2S/c2*1-30(2)38(33,34)29-26(32)22-15-20-19(16-31(22)27-28-21-11-7-8-12-23(21)37-27)13-14-24(35-3)25(20)36-17-18-9-5-4-6-10-18;1-30-22-12-11-17-14-27(25-26-19-9-5-6-10-21(19)32-25)20(24(28)29)13-18(17)23(22)31-15-16-7-3-2-4-8-16;1-4(2)7(3,5)6/h2*4-14,22H,15-17H2,1-3H3,(H,29,32);2-12,20H,13-15H2,1H3,(H,28,29);1-2H3,(H2,3,5,6). The monoisotopic (exact) mass is 1630 g/mol. The number of aliphatic carboxylic acids is 1. The summed E-state index contributed by atoms with van der Waals surface area (Å²) in [6, 6.07) is 60.4. The van der Waals surface area contributed by atoms with Gasteiger partial charge in [0.1, 0.15) is 54.5 Å². The van der Waals surface area contributed by atoms with Crippen molar-refractivity contribution in [3.63, 3.8) is 0 Å². The minimum absolute atomic E-state index is 0.143. The highest BCUT2D eigenvalue weighted by atomic mass is 32.2. The molecule has 602 valence electrons. The van der Waals surface area contributed by atoms with Crippen LogP contribution in [0.1, 0.15) is 50.1 Å². The van der Waals surface area contributed by atoms with E-state index in [2.05, 4.69) is 29.5 Å². The van der Waals surface area contributed by atoms with Crippen LogP contribution < -0.4 is 57.7 Å². The maximum absolute atomic E-state index is 13.5. The number of hydrogen-bond acceptors (Lipinski definition) is 24. The molecule has 3 unspecified atom stereocenters. The van der Waals surface area contributed by atoms with E-state index in [-0.39, 0.29) is 44.4 Å². The van der Waals surface area contributed by atoms with E-state index in [4.69, 9.17) is 41.7 Å². The molecular formula is C81H86N12O19S3. The second-order valence-corrected chi connectivity index (χ2v) is 32.7. The molecule has 115 heavy (non-hydrogen) atoms. The van der Waals surface area contributed by atoms with E-state index in [1.165, 1.54) is 42.3 Å². The first kappa shape index (κ1) is 82.2. The first-order valence-electron chi connectivity index (χ1n) is 36.0. The summed E-state index contributed by atoms with van der Waals surface area (Å²) < 4.78 is 131. The summed E-state index contributed by atoms with van der Waals surface area (Å²) in [6.07, 6.45) is 0.527. The number of rotatable bonds is 23. The lowest BCUT2D eigenvalue weighted by Crippen LogP contribution is -2.53. The number of benzene rings is 9. The van der Waals surface area contributed by atoms with Crippen LogP contribution in [0.4, 0.5) is 18.0 Å². The molecule has 3 aromatic heterocycles. The Hall–Kier alpha value is -12.3. The minimum atomic E-state index is -4.02. The number of nitrogens with zero attached hydrogens (tertiary/aromatic N) is 9. The zero-order valence-electron chi connectivity index (χ0n) is 64.3. The van der Waals surface area contributed by atoms with Crippen molar-refractivity contribution in [1.82, 2.24) is 37.3 Å². The number of oxazole rings is 3. The number of carbonyl (C=O) groups is 3. The molecule has 3 atom stereocenters. The molecule has 0 fully saturated rings. The van der Waals surface area contributed by atoms with Gasteiger partial charge >= 0.3 is 26.4 Å². The van der Waals surface area contributed by atoms with Crippen molar-refractivity contribution in [1.29, 1.82) is 0 Å². The van der Waals surface area contributed by atoms with Crippen LogP contribution in [0, 0.1) is 0 Å². The molecule has 2 amide bonds. The van der Waals surface area contributed by atoms with E-state index in [0.29, 0.717) is 100 Å². The number of anilines is 3. The van der Waals surface area contributed by atoms with E-state index in [1.54, 1.807) is 48.2 Å². The summed E-state index contributed by atoms with van der Waals surface area (Å²) in [5, 5.41) is 14.6. The van der Waals surface area contributed by atoms with E-state index in [9.17, 15) is 44.7 Å². The number of amides is 2. The molecule has 0 saturated heterocycles. The van der Waals surface area contributed by atoms with Gasteiger partial charge in [-0.05, 0) is 88.0 Å². The fourth-order valence-electron chi connectivity index (χ4n) is 12.8. The summed E-state index contributed by atoms with van der Waals surface area (Å²) in [7, 11) is 1.38. The Balaban J connectivity index is 0.000000153. The van der Waals surface area contributed by atoms with Crippen molar-refractivity contribution in [2.24, 2.45) is 5.14 Å². The molecular weight excluding hydrogens is 1540 g/mol. The second kappa shape index (κ2) is 35.8. The molecule has 0 aliphatic carbocycles. The summed E-state index contributed by atoms with van der Waals surface area (Å²) in [5.74, 6) is 0.877. The molecule has 3 aliphatic heterocycles. The van der Waals surface area contributed by atoms with Gasteiger partial charge in [0, 0.05) is 97.9 Å². The normalized spacial score (nSPS) is 15.2. The molecule has 6 heterocycles. The fourth-order valence-corrected chi connectivity index (χ4v) is 14.0. The van der Waals surface area contributed by atoms with Gasteiger partial charge in [-0.25, -0.2) is 19.4 Å². The average molecular weight is 1630 g/mol. The largest absolute Gasteiger partial charge is 0.493 e. The molecule has 0 bridgehead atoms. The van der Waals surface area contributed by atoms with Crippen LogP contribution in [0.25, 0.3) is 33.3 Å². The van der Waals surface area contributed by atoms with Gasteiger partial charge in [0.15, 0.2) is 51.2 Å². The fraction of sp³-hybridized carbons (Fsp3) is 0.259. The summed E-state index contributed by atoms with van der Waals surface area (Å²) in [5.41, 5.74) is 11.8. The van der Waals surface area contributed by atoms with Crippen molar-refractivity contribution < 1.29 is 86.4 Å². The average Bonchev–Trinajstić information content (AvgIpc) is 1.78. The first-order valence-corrected chi connectivity index (χ1v) is 40.3. The number of ether oxygens (including phenoxy) is 6. The Kier molecular flexibility index (Phi) is 25.6. The number of carboxylic acids is 1. The smallest absolute Gasteiger partial charge is 0.326 e. The third-order valence-corrected chi connectivity index (χ3v) is 22.9. The maximum Gasteiger partial charge on any atom is 0.326 e. The highest BCUT2D eigenvalue weighted by molar-refractivity contribution is 7.88. The van der Waals surface area contributed by atoms with Crippen molar-refractivity contribution in [3.8, 4) is 34.5 Å². The van der Waals surface area contributed by atoms with E-state index >= 15 is 0 Å². The van der Waals surface area contributed by atoms with Crippen LogP contribution in [-0.4, -0.2) is 158 Å². The number of nitrogens with one attached hydrogen (secondary N) is 2. The van der Waals surface area contributed by atoms with Gasteiger partial charge in [0.2, 0.25) is 0 Å². The lowest BCUT2D eigenvalue weighted by Gasteiger charge is -2.36. The minimum Gasteiger partial charge on any atom is -0.493 e. The summed E-state index contributed by atoms with van der Waals surface area (Å²) >= 11 is 0. The third-order valence-electron chi connectivity index (χ3n) is 19.0. The van der Waals surface area contributed by atoms with Crippen LogP contribution in [0.15, 0.2) is 213 Å². The van der Waals surface area contributed by atoms with Gasteiger partial charge in [-0.15, -0.1) is 0 Å². The summed E-state index contributed by atoms with van der Waals surface area (Å²) in [6.45, 7) is 1.79. The quantitative estimate of drug-likeness (QED) is 0.0462. The Morgan fingerprint density at radius 2 is 0.687 bits per heavy atom. The zero-order valence-corrected chi connectivity index (χ0v) is 66.7. The SMILES string of the molecule is CN(C)S(N)(=O)=O.COc1ccc2c(c1OCc1ccccc1)CC(C(=O)NS(=O)(=O)N(C)C)N(c1nc3ccccc3o1)C2.COc1ccc2c(c1OCc1ccccc1)CC(C(=O)NS(=O)(=O)N(C)C)N(c1nc3ccccc3o1)C2.COc1ccc2c(c1OCc1ccccc1)CC(C(=O)O)N(c1nc3ccccc3o1)C2. The Bertz CT molecular complexity index is 5480. The van der Waals surface area contributed by atoms with Crippen molar-refractivity contribution in [2.75, 3.05) is 78.3 Å². The third kappa shape index (κ3) is 19.3. The number of para-hydroxylation sites is 6. The molecule has 3 aliphatic rings. The predicted octanol–water partition coefficient (Wildman–Crippen LogP) is 9.72. The van der Waals surface area contributed by atoms with Crippen LogP contribution in [0.5, 0.6) is 34.5 Å². The number of aromatic nitrogens is 3. The molecule has 31 nitrogen and oxygen atoms in total. The highest BCUT2D eigenvalue weighted by Gasteiger charge is 2.42. The number of fused-ring (bicyclic) bond motifs is 6. The number of methoxy groups -OCH3 is 3. The Labute approximate surface area is 664 Å². The van der Waals surface area contributed by atoms with Crippen LogP contribution in [0.3, 0.4) is 0 Å². The lowest BCUT2D eigenvalue weighted by atomic mass is 9.92. The van der Waals surface area contributed by atoms with E-state index < -0.39 is 66.5 Å². The molecule has 5 N–H and O–H groups in total. The molecule has 34 heteroatoms. The zero-order chi connectivity index (χ0) is 81.9. The van der Waals surface area contributed by atoms with Gasteiger partial charge in [0.25, 0.3) is 40.1 Å². The Morgan fingerprint density at radius 3 is 0.948 bits per heavy atom. The van der Waals surface area contributed by atoms with E-state index in [0.717, 1.165) is 63.0 Å². The topological polar surface area (TPSA) is 377 Å². The van der Waals surface area contributed by atoms with Crippen LogP contribution in [0.2, 0.25) is 0 Å². The molecule has 0 spiro atoms. The van der Waals surface area contributed by atoms with Gasteiger partial charge in [-0.3, -0.25) is 9.59 Å². The molecule has 15 rings (SSSR count). The number of hydrogen-bond donors (Lipinski definition) is 4. The van der Waals surface area contributed by atoms with Gasteiger partial charge in [-0.2, -0.15) is 53.1 Å². The highest BCUT2D eigenvalue weighted by Crippen LogP contribution is 2.44. The van der Waals surface area contributed by atoms with Crippen LogP contribution >= 0.6 is 0 Å². The molecule has 9 aromatic carbocycles. The van der Waals surface area contributed by atoms with Crippen LogP contribution in [-0.2, 0) is 104 Å². The number of carbonyl (C=O) groups excluding carboxylic acids is 2. The Morgan fingerprint density at radius 1 is 0.417 bits per heavy atom. The van der Waals surface area contributed by atoms with Gasteiger partial charge in [-0.1, -0.05) is 146 Å². The molecule has 0 saturated carbocycles. The second-order valence-electron chi connectivity index (χ2n) is 27.1. The number of carboxylic acid groups (broad SMARTS) is 1. The molecule has 12 aromatic rings. The van der Waals surface area contributed by atoms with Crippen molar-refractivity contribution >= 4 is 99.8 Å². The van der Waals surface area contributed by atoms with Crippen molar-refractivity contribution in [2.45, 2.75) is 76.8 Å². The predicted molar refractivity (Wildman–Crippen MR) is 430 cm³/mol. The van der Waals surface area contributed by atoms with Crippen molar-refractivity contribution in [3.05, 3.63) is 250 Å². The molecule has 0 radical (unpaired) electrons.